The predicted molar refractivity (Wildman–Crippen MR) is 84.6 cm³/mol. The molecular weight excluding hydrogens is 360 g/mol. The lowest BCUT2D eigenvalue weighted by molar-refractivity contribution is -0.0974. The van der Waals surface area contributed by atoms with E-state index in [-0.39, 0.29) is 12.5 Å². The molecule has 1 aromatic heterocycles. The summed E-state index contributed by atoms with van der Waals surface area (Å²) in [7, 11) is 3.00. The molecule has 0 saturated carbocycles. The molecule has 0 spiro atoms. The number of nitrogens with one attached hydrogen (secondary N) is 1. The van der Waals surface area contributed by atoms with Crippen LogP contribution in [0.25, 0.3) is 10.9 Å². The zero-order chi connectivity index (χ0) is 15.4. The van der Waals surface area contributed by atoms with E-state index >= 15 is 0 Å². The fourth-order valence-corrected chi connectivity index (χ4v) is 2.47. The van der Waals surface area contributed by atoms with Crippen molar-refractivity contribution in [2.24, 2.45) is 0 Å². The lowest BCUT2D eigenvalue weighted by Crippen LogP contribution is -2.34. The number of halogens is 2. The molecule has 7 heteroatoms. The van der Waals surface area contributed by atoms with Gasteiger partial charge in [-0.3, -0.25) is 9.78 Å². The summed E-state index contributed by atoms with van der Waals surface area (Å²) >= 11 is 9.68. The van der Waals surface area contributed by atoms with Crippen molar-refractivity contribution in [3.63, 3.8) is 0 Å². The molecule has 0 unspecified atom stereocenters. The van der Waals surface area contributed by atoms with Crippen LogP contribution in [0.2, 0.25) is 5.02 Å². The Balaban J connectivity index is 2.25. The van der Waals surface area contributed by atoms with Crippen molar-refractivity contribution in [1.82, 2.24) is 10.3 Å². The molecule has 0 aliphatic carbocycles. The summed E-state index contributed by atoms with van der Waals surface area (Å²) in [6.07, 6.45) is 0.956. The highest BCUT2D eigenvalue weighted by Gasteiger charge is 2.15. The van der Waals surface area contributed by atoms with Crippen LogP contribution in [0.3, 0.4) is 0 Å². The zero-order valence-electron chi connectivity index (χ0n) is 11.5. The Hall–Kier alpha value is -1.21. The predicted octanol–water partition coefficient (Wildman–Crippen LogP) is 3.00. The number of carbonyl (C=O) groups is 1. The maximum Gasteiger partial charge on any atom is 0.254 e. The van der Waals surface area contributed by atoms with Crippen LogP contribution in [0, 0.1) is 0 Å². The molecule has 0 atom stereocenters. The largest absolute Gasteiger partial charge is 0.354 e. The van der Waals surface area contributed by atoms with Gasteiger partial charge in [-0.2, -0.15) is 0 Å². The lowest BCUT2D eigenvalue weighted by Gasteiger charge is -2.14. The molecule has 2 rings (SSSR count). The number of benzene rings is 1. The minimum atomic E-state index is -0.504. The van der Waals surface area contributed by atoms with Gasteiger partial charge in [-0.25, -0.2) is 0 Å². The van der Waals surface area contributed by atoms with E-state index in [9.17, 15) is 4.79 Å². The summed E-state index contributed by atoms with van der Waals surface area (Å²) in [5.41, 5.74) is 1.04. The van der Waals surface area contributed by atoms with E-state index in [1.165, 1.54) is 20.4 Å². The Morgan fingerprint density at radius 2 is 2.14 bits per heavy atom. The summed E-state index contributed by atoms with van der Waals surface area (Å²) in [5.74, 6) is -0.325. The SMILES string of the molecule is COC(CNC(=O)c1cnc2ccc(Br)cc2c1Cl)OC. The average Bonchev–Trinajstić information content (AvgIpc) is 2.49. The molecule has 1 heterocycles. The first-order valence-corrected chi connectivity index (χ1v) is 7.31. The van der Waals surface area contributed by atoms with Gasteiger partial charge in [0.1, 0.15) is 0 Å². The first-order chi connectivity index (χ1) is 10.1. The number of fused-ring (bicyclic) bond motifs is 1. The summed E-state index contributed by atoms with van der Waals surface area (Å²) in [6.45, 7) is 0.221. The number of hydrogen-bond donors (Lipinski definition) is 1. The van der Waals surface area contributed by atoms with E-state index in [1.807, 2.05) is 18.2 Å². The second kappa shape index (κ2) is 7.17. The van der Waals surface area contributed by atoms with E-state index in [1.54, 1.807) is 0 Å². The Labute approximate surface area is 135 Å². The van der Waals surface area contributed by atoms with Gasteiger partial charge in [-0.15, -0.1) is 0 Å². The Morgan fingerprint density at radius 1 is 1.43 bits per heavy atom. The molecule has 0 aliphatic rings. The molecule has 1 amide bonds. The third-order valence-corrected chi connectivity index (χ3v) is 3.86. The average molecular weight is 374 g/mol. The number of nitrogens with zero attached hydrogens (tertiary/aromatic N) is 1. The second-order valence-electron chi connectivity index (χ2n) is 4.26. The van der Waals surface area contributed by atoms with Gasteiger partial charge in [0, 0.05) is 30.3 Å². The van der Waals surface area contributed by atoms with Crippen LogP contribution in [0.4, 0.5) is 0 Å². The Bertz CT molecular complexity index is 662. The third kappa shape index (κ3) is 3.71. The van der Waals surface area contributed by atoms with Crippen molar-refractivity contribution in [2.75, 3.05) is 20.8 Å². The van der Waals surface area contributed by atoms with Crippen molar-refractivity contribution in [3.8, 4) is 0 Å². The van der Waals surface area contributed by atoms with E-state index in [4.69, 9.17) is 21.1 Å². The molecule has 2 aromatic rings. The van der Waals surface area contributed by atoms with Crippen LogP contribution in [0.5, 0.6) is 0 Å². The Morgan fingerprint density at radius 3 is 2.81 bits per heavy atom. The fourth-order valence-electron chi connectivity index (χ4n) is 1.82. The van der Waals surface area contributed by atoms with Gasteiger partial charge in [-0.1, -0.05) is 27.5 Å². The molecule has 5 nitrogen and oxygen atoms in total. The van der Waals surface area contributed by atoms with Crippen molar-refractivity contribution < 1.29 is 14.3 Å². The Kier molecular flexibility index (Phi) is 5.52. The van der Waals surface area contributed by atoms with Crippen LogP contribution in [0.1, 0.15) is 10.4 Å². The lowest BCUT2D eigenvalue weighted by atomic mass is 10.1. The standard InChI is InChI=1S/C14H14BrClN2O3/c1-20-12(21-2)7-18-14(19)10-6-17-11-4-3-8(15)5-9(11)13(10)16/h3-6,12H,7H2,1-2H3,(H,18,19). The molecule has 0 aliphatic heterocycles. The van der Waals surface area contributed by atoms with Crippen LogP contribution >= 0.6 is 27.5 Å². The smallest absolute Gasteiger partial charge is 0.254 e. The van der Waals surface area contributed by atoms with Gasteiger partial charge in [-0.05, 0) is 18.2 Å². The number of hydrogen-bond acceptors (Lipinski definition) is 4. The maximum atomic E-state index is 12.2. The molecule has 1 N–H and O–H groups in total. The van der Waals surface area contributed by atoms with E-state index in [2.05, 4.69) is 26.2 Å². The number of carbonyl (C=O) groups excluding carboxylic acids is 1. The van der Waals surface area contributed by atoms with Gasteiger partial charge in [0.25, 0.3) is 5.91 Å². The van der Waals surface area contributed by atoms with Crippen LogP contribution in [-0.2, 0) is 9.47 Å². The van der Waals surface area contributed by atoms with E-state index in [0.717, 1.165) is 9.99 Å². The molecular formula is C14H14BrClN2O3. The summed E-state index contributed by atoms with van der Waals surface area (Å²) < 4.78 is 10.9. The first kappa shape index (κ1) is 16.2. The molecule has 0 radical (unpaired) electrons. The summed E-state index contributed by atoms with van der Waals surface area (Å²) in [5, 5.41) is 3.78. The van der Waals surface area contributed by atoms with Gasteiger partial charge in [0.15, 0.2) is 6.29 Å². The molecule has 0 bridgehead atoms. The highest BCUT2D eigenvalue weighted by atomic mass is 79.9. The van der Waals surface area contributed by atoms with Gasteiger partial charge in [0.05, 0.1) is 22.6 Å². The molecule has 0 fully saturated rings. The summed E-state index contributed by atoms with van der Waals surface area (Å²) in [6, 6.07) is 5.53. The second-order valence-corrected chi connectivity index (χ2v) is 5.55. The highest BCUT2D eigenvalue weighted by Crippen LogP contribution is 2.28. The molecule has 1 aromatic carbocycles. The normalized spacial score (nSPS) is 11.1. The fraction of sp³-hybridized carbons (Fsp3) is 0.286. The summed E-state index contributed by atoms with van der Waals surface area (Å²) in [4.78, 5) is 16.4. The first-order valence-electron chi connectivity index (χ1n) is 6.14. The van der Waals surface area contributed by atoms with Crippen molar-refractivity contribution in [1.29, 1.82) is 0 Å². The number of methoxy groups -OCH3 is 2. The van der Waals surface area contributed by atoms with Crippen molar-refractivity contribution in [3.05, 3.63) is 39.5 Å². The van der Waals surface area contributed by atoms with Gasteiger partial charge < -0.3 is 14.8 Å². The van der Waals surface area contributed by atoms with Crippen molar-refractivity contribution in [2.45, 2.75) is 6.29 Å². The zero-order valence-corrected chi connectivity index (χ0v) is 13.9. The third-order valence-electron chi connectivity index (χ3n) is 2.96. The molecule has 112 valence electrons. The van der Waals surface area contributed by atoms with Gasteiger partial charge in [0.2, 0.25) is 0 Å². The monoisotopic (exact) mass is 372 g/mol. The molecule has 21 heavy (non-hydrogen) atoms. The minimum absolute atomic E-state index is 0.221. The van der Waals surface area contributed by atoms with Gasteiger partial charge >= 0.3 is 0 Å². The number of ether oxygens (including phenoxy) is 2. The van der Waals surface area contributed by atoms with Crippen LogP contribution in [-0.4, -0.2) is 37.9 Å². The molecule has 0 saturated heterocycles. The quantitative estimate of drug-likeness (QED) is 0.819. The van der Waals surface area contributed by atoms with Crippen LogP contribution < -0.4 is 5.32 Å². The van der Waals surface area contributed by atoms with Crippen LogP contribution in [0.15, 0.2) is 28.9 Å². The minimum Gasteiger partial charge on any atom is -0.354 e. The number of rotatable bonds is 5. The maximum absolute atomic E-state index is 12.2. The van der Waals surface area contributed by atoms with E-state index in [0.29, 0.717) is 16.0 Å². The number of pyridine rings is 1. The van der Waals surface area contributed by atoms with E-state index < -0.39 is 6.29 Å². The number of amides is 1. The highest BCUT2D eigenvalue weighted by molar-refractivity contribution is 9.10. The number of aromatic nitrogens is 1. The topological polar surface area (TPSA) is 60.5 Å². The van der Waals surface area contributed by atoms with Crippen molar-refractivity contribution >= 4 is 44.3 Å².